The number of benzene rings is 2. The highest BCUT2D eigenvalue weighted by molar-refractivity contribution is 5.30. The van der Waals surface area contributed by atoms with Crippen LogP contribution >= 0.6 is 0 Å². The van der Waals surface area contributed by atoms with Crippen LogP contribution in [0.4, 0.5) is 5.95 Å². The zero-order valence-electron chi connectivity index (χ0n) is 10.6. The molecule has 0 unspecified atom stereocenters. The van der Waals surface area contributed by atoms with E-state index in [1.165, 1.54) is 10.4 Å². The Morgan fingerprint density at radius 3 is 2.37 bits per heavy atom. The summed E-state index contributed by atoms with van der Waals surface area (Å²) < 4.78 is 1.62. The lowest BCUT2D eigenvalue weighted by atomic mass is 10.2. The van der Waals surface area contributed by atoms with Crippen molar-refractivity contribution in [3.05, 3.63) is 60.2 Å². The molecule has 94 valence electrons. The van der Waals surface area contributed by atoms with E-state index in [0.29, 0.717) is 5.95 Å². The average Bonchev–Trinajstić information content (AvgIpc) is 2.83. The predicted molar refractivity (Wildman–Crippen MR) is 72.0 cm³/mol. The number of aromatic nitrogens is 4. The van der Waals surface area contributed by atoms with Gasteiger partial charge in [-0.05, 0) is 36.0 Å². The molecule has 0 fully saturated rings. The van der Waals surface area contributed by atoms with Crippen molar-refractivity contribution in [3.8, 4) is 11.4 Å². The highest BCUT2D eigenvalue weighted by atomic mass is 15.6. The van der Waals surface area contributed by atoms with Crippen molar-refractivity contribution >= 4 is 5.95 Å². The number of nitrogens with zero attached hydrogens (tertiary/aromatic N) is 4. The maximum atomic E-state index is 5.92. The number of nitrogens with two attached hydrogens (primary N) is 1. The number of hydrogen-bond acceptors (Lipinski definition) is 3. The van der Waals surface area contributed by atoms with E-state index in [9.17, 15) is 0 Å². The Morgan fingerprint density at radius 1 is 1.00 bits per heavy atom. The van der Waals surface area contributed by atoms with Crippen molar-refractivity contribution in [1.82, 2.24) is 15.1 Å². The molecule has 5 nitrogen and oxygen atoms in total. The summed E-state index contributed by atoms with van der Waals surface area (Å²) in [5.41, 5.74) is 8.88. The van der Waals surface area contributed by atoms with E-state index >= 15 is 0 Å². The van der Waals surface area contributed by atoms with Crippen molar-refractivity contribution in [3.63, 3.8) is 0 Å². The lowest BCUT2D eigenvalue weighted by Gasteiger charge is -1.96. The molecule has 2 aromatic carbocycles. The summed E-state index contributed by atoms with van der Waals surface area (Å²) in [6.07, 6.45) is 0. The molecule has 3 aromatic rings. The van der Waals surface area contributed by atoms with Gasteiger partial charge in [0.1, 0.15) is 11.4 Å². The number of anilines is 1. The number of rotatable bonds is 2. The number of tetrazole rings is 1. The lowest BCUT2D eigenvalue weighted by Crippen LogP contribution is -2.36. The molecule has 1 heterocycles. The van der Waals surface area contributed by atoms with Crippen molar-refractivity contribution in [1.29, 1.82) is 0 Å². The topological polar surface area (TPSA) is 60.6 Å². The normalized spacial score (nSPS) is 10.6. The van der Waals surface area contributed by atoms with Crippen LogP contribution in [0.3, 0.4) is 0 Å². The average molecular weight is 252 g/mol. The third-order valence-corrected chi connectivity index (χ3v) is 2.85. The van der Waals surface area contributed by atoms with Crippen molar-refractivity contribution in [2.75, 3.05) is 5.73 Å². The van der Waals surface area contributed by atoms with Gasteiger partial charge in [0.15, 0.2) is 0 Å². The van der Waals surface area contributed by atoms with E-state index in [1.807, 2.05) is 61.5 Å². The molecule has 0 saturated carbocycles. The molecular weight excluding hydrogens is 238 g/mol. The SMILES string of the molecule is Cc1ccc(-[n+]2nn(-c3ccccc3)nc2N)cc1. The summed E-state index contributed by atoms with van der Waals surface area (Å²) in [7, 11) is 0. The first-order valence-corrected chi connectivity index (χ1v) is 6.02. The van der Waals surface area contributed by atoms with Crippen LogP contribution in [0.15, 0.2) is 54.6 Å². The van der Waals surface area contributed by atoms with Crippen LogP contribution in [0.1, 0.15) is 5.56 Å². The number of para-hydroxylation sites is 1. The van der Waals surface area contributed by atoms with E-state index in [-0.39, 0.29) is 0 Å². The van der Waals surface area contributed by atoms with Crippen LogP contribution < -0.4 is 10.4 Å². The maximum absolute atomic E-state index is 5.92. The Kier molecular flexibility index (Phi) is 2.72. The van der Waals surface area contributed by atoms with E-state index < -0.39 is 0 Å². The molecule has 1 aromatic heterocycles. The Balaban J connectivity index is 2.05. The van der Waals surface area contributed by atoms with E-state index in [1.54, 1.807) is 4.68 Å². The molecule has 19 heavy (non-hydrogen) atoms. The highest BCUT2D eigenvalue weighted by Crippen LogP contribution is 2.06. The van der Waals surface area contributed by atoms with E-state index in [0.717, 1.165) is 11.4 Å². The molecule has 0 aliphatic carbocycles. The van der Waals surface area contributed by atoms with Crippen molar-refractivity contribution in [2.24, 2.45) is 0 Å². The zero-order chi connectivity index (χ0) is 13.2. The zero-order valence-corrected chi connectivity index (χ0v) is 10.6. The Hall–Kier alpha value is -2.69. The molecule has 0 aliphatic rings. The molecule has 5 heteroatoms. The highest BCUT2D eigenvalue weighted by Gasteiger charge is 2.17. The Labute approximate surface area is 110 Å². The fourth-order valence-electron chi connectivity index (χ4n) is 1.83. The smallest absolute Gasteiger partial charge is 0.303 e. The molecule has 0 aliphatic heterocycles. The molecule has 3 rings (SSSR count). The minimum absolute atomic E-state index is 0.354. The second-order valence-corrected chi connectivity index (χ2v) is 4.32. The molecule has 0 bridgehead atoms. The van der Waals surface area contributed by atoms with Crippen LogP contribution in [-0.2, 0) is 0 Å². The van der Waals surface area contributed by atoms with Gasteiger partial charge in [-0.2, -0.15) is 0 Å². The standard InChI is InChI=1S/C14H14N5/c1-11-7-9-12(10-8-11)18-14(15)16-19(17-18)13-5-3-2-4-6-13/h2-10H,1H3,(H2,15,16,17)/q+1. The Bertz CT molecular complexity index is 686. The summed E-state index contributed by atoms with van der Waals surface area (Å²) in [5, 5.41) is 8.60. The molecule has 0 amide bonds. The van der Waals surface area contributed by atoms with Gasteiger partial charge in [0.2, 0.25) is 0 Å². The molecule has 0 saturated heterocycles. The molecule has 2 N–H and O–H groups in total. The summed E-state index contributed by atoms with van der Waals surface area (Å²) in [6, 6.07) is 17.6. The van der Waals surface area contributed by atoms with Gasteiger partial charge in [-0.3, -0.25) is 0 Å². The fraction of sp³-hybridized carbons (Fsp3) is 0.0714. The van der Waals surface area contributed by atoms with Crippen LogP contribution in [0.2, 0.25) is 0 Å². The van der Waals surface area contributed by atoms with Gasteiger partial charge in [0.05, 0.1) is 5.10 Å². The molecule has 0 radical (unpaired) electrons. The Morgan fingerprint density at radius 2 is 1.68 bits per heavy atom. The summed E-state index contributed by atoms with van der Waals surface area (Å²) in [4.78, 5) is 1.52. The van der Waals surface area contributed by atoms with Crippen molar-refractivity contribution in [2.45, 2.75) is 6.92 Å². The first-order valence-electron chi connectivity index (χ1n) is 6.02. The first kappa shape index (κ1) is 11.4. The molecule has 0 spiro atoms. The van der Waals surface area contributed by atoms with E-state index in [2.05, 4.69) is 10.3 Å². The monoisotopic (exact) mass is 252 g/mol. The number of nitrogen functional groups attached to an aromatic ring is 1. The van der Waals surface area contributed by atoms with Crippen LogP contribution in [-0.4, -0.2) is 15.1 Å². The maximum Gasteiger partial charge on any atom is 0.401 e. The number of hydrogen-bond donors (Lipinski definition) is 1. The lowest BCUT2D eigenvalue weighted by molar-refractivity contribution is -0.647. The first-order chi connectivity index (χ1) is 9.24. The fourth-order valence-corrected chi connectivity index (χ4v) is 1.83. The quantitative estimate of drug-likeness (QED) is 0.702. The van der Waals surface area contributed by atoms with Gasteiger partial charge >= 0.3 is 5.95 Å². The second kappa shape index (κ2) is 4.53. The van der Waals surface area contributed by atoms with E-state index in [4.69, 9.17) is 5.73 Å². The van der Waals surface area contributed by atoms with Crippen LogP contribution in [0, 0.1) is 6.92 Å². The second-order valence-electron chi connectivity index (χ2n) is 4.32. The van der Waals surface area contributed by atoms with Gasteiger partial charge < -0.3 is 5.73 Å². The van der Waals surface area contributed by atoms with Crippen LogP contribution in [0.5, 0.6) is 0 Å². The molecule has 0 atom stereocenters. The van der Waals surface area contributed by atoms with Gasteiger partial charge in [-0.25, -0.2) is 0 Å². The summed E-state index contributed by atoms with van der Waals surface area (Å²) >= 11 is 0. The van der Waals surface area contributed by atoms with Crippen LogP contribution in [0.25, 0.3) is 11.4 Å². The van der Waals surface area contributed by atoms with Gasteiger partial charge in [-0.1, -0.05) is 40.6 Å². The minimum Gasteiger partial charge on any atom is -0.303 e. The van der Waals surface area contributed by atoms with Gasteiger partial charge in [0, 0.05) is 5.21 Å². The number of aryl methyl sites for hydroxylation is 1. The summed E-state index contributed by atoms with van der Waals surface area (Å²) in [6.45, 7) is 2.04. The minimum atomic E-state index is 0.354. The van der Waals surface area contributed by atoms with Crippen molar-refractivity contribution < 1.29 is 4.68 Å². The van der Waals surface area contributed by atoms with Gasteiger partial charge in [0.25, 0.3) is 0 Å². The third-order valence-electron chi connectivity index (χ3n) is 2.85. The third kappa shape index (κ3) is 2.18. The summed E-state index contributed by atoms with van der Waals surface area (Å²) in [5.74, 6) is 0.354. The van der Waals surface area contributed by atoms with Gasteiger partial charge in [-0.15, -0.1) is 0 Å². The molecular formula is C14H14N5+. The predicted octanol–water partition coefficient (Wildman–Crippen LogP) is 1.43. The largest absolute Gasteiger partial charge is 0.401 e.